The maximum absolute atomic E-state index is 13.1. The first kappa shape index (κ1) is 67.8. The van der Waals surface area contributed by atoms with Crippen LogP contribution in [0.2, 0.25) is 0 Å². The van der Waals surface area contributed by atoms with Gasteiger partial charge >= 0.3 is 47.8 Å². The second-order valence-corrected chi connectivity index (χ2v) is 18.6. The number of hydrogen-bond acceptors (Lipinski definition) is 16. The summed E-state index contributed by atoms with van der Waals surface area (Å²) in [4.78, 5) is 96.7. The summed E-state index contributed by atoms with van der Waals surface area (Å²) in [6.45, 7) is 11.7. The van der Waals surface area contributed by atoms with Crippen LogP contribution in [0.25, 0.3) is 0 Å². The van der Waals surface area contributed by atoms with Gasteiger partial charge in [-0.2, -0.15) is 0 Å². The minimum absolute atomic E-state index is 0.0942. The van der Waals surface area contributed by atoms with Crippen molar-refractivity contribution in [2.75, 3.05) is 33.0 Å². The molecule has 0 saturated carbocycles. The molecule has 72 heavy (non-hydrogen) atoms. The third-order valence-corrected chi connectivity index (χ3v) is 12.4. The van der Waals surface area contributed by atoms with E-state index < -0.39 is 24.2 Å². The van der Waals surface area contributed by atoms with Crippen molar-refractivity contribution in [3.63, 3.8) is 0 Å². The maximum Gasteiger partial charge on any atom is 0.312 e. The first-order valence-electron chi connectivity index (χ1n) is 28.2. The van der Waals surface area contributed by atoms with Gasteiger partial charge in [0, 0.05) is 44.9 Å². The zero-order valence-corrected chi connectivity index (χ0v) is 45.7. The van der Waals surface area contributed by atoms with Crippen LogP contribution in [0.1, 0.15) is 253 Å². The molecule has 0 amide bonds. The zero-order valence-electron chi connectivity index (χ0n) is 45.7. The average Bonchev–Trinajstić information content (AvgIpc) is 3.37. The molecule has 0 spiro atoms. The van der Waals surface area contributed by atoms with Crippen molar-refractivity contribution in [3.8, 4) is 0 Å². The largest absolute Gasteiger partial charge is 0.466 e. The Kier molecular flexibility index (Phi) is 44.9. The van der Waals surface area contributed by atoms with Crippen molar-refractivity contribution in [2.45, 2.75) is 272 Å². The van der Waals surface area contributed by atoms with Crippen molar-refractivity contribution in [1.82, 2.24) is 0 Å². The van der Waals surface area contributed by atoms with Crippen molar-refractivity contribution in [1.29, 1.82) is 0 Å². The summed E-state index contributed by atoms with van der Waals surface area (Å²) in [5, 5.41) is 0. The first-order valence-corrected chi connectivity index (χ1v) is 28.2. The number of carbonyl (C=O) groups excluding carboxylic acids is 8. The Balaban J connectivity index is 4.32. The van der Waals surface area contributed by atoms with E-state index in [0.717, 1.165) is 141 Å². The van der Waals surface area contributed by atoms with E-state index >= 15 is 0 Å². The smallest absolute Gasteiger partial charge is 0.312 e. The molecule has 4 atom stereocenters. The quantitative estimate of drug-likeness (QED) is 0.0315. The molecule has 0 aliphatic carbocycles. The average molecular weight is 1030 g/mol. The van der Waals surface area contributed by atoms with E-state index in [1.807, 2.05) is 0 Å². The van der Waals surface area contributed by atoms with Crippen LogP contribution in [0.3, 0.4) is 0 Å². The summed E-state index contributed by atoms with van der Waals surface area (Å²) in [5.74, 6) is -2.80. The highest BCUT2D eigenvalue weighted by Crippen LogP contribution is 2.25. The van der Waals surface area contributed by atoms with E-state index in [2.05, 4.69) is 0 Å². The molecule has 0 aromatic carbocycles. The van der Waals surface area contributed by atoms with Gasteiger partial charge in [-0.25, -0.2) is 0 Å². The molecule has 0 aliphatic rings. The Morgan fingerprint density at radius 2 is 0.639 bits per heavy atom. The topological polar surface area (TPSA) is 210 Å². The molecule has 0 aliphatic heterocycles. The van der Waals surface area contributed by atoms with Gasteiger partial charge < -0.3 is 37.9 Å². The summed E-state index contributed by atoms with van der Waals surface area (Å²) in [6, 6.07) is 0. The summed E-state index contributed by atoms with van der Waals surface area (Å²) in [7, 11) is 0. The Bertz CT molecular complexity index is 1450. The number of rotatable bonds is 49. The van der Waals surface area contributed by atoms with Crippen molar-refractivity contribution in [3.05, 3.63) is 0 Å². The highest BCUT2D eigenvalue weighted by atomic mass is 16.6. The Morgan fingerprint density at radius 1 is 0.306 bits per heavy atom. The van der Waals surface area contributed by atoms with Crippen molar-refractivity contribution in [2.24, 2.45) is 5.92 Å². The fourth-order valence-corrected chi connectivity index (χ4v) is 7.95. The zero-order chi connectivity index (χ0) is 53.5. The lowest BCUT2D eigenvalue weighted by atomic mass is 9.91. The van der Waals surface area contributed by atoms with Crippen LogP contribution in [-0.4, -0.2) is 99.1 Å². The summed E-state index contributed by atoms with van der Waals surface area (Å²) < 4.78 is 43.3. The molecular formula is C56H98O16. The predicted molar refractivity (Wildman–Crippen MR) is 274 cm³/mol. The van der Waals surface area contributed by atoms with E-state index in [4.69, 9.17) is 37.9 Å². The molecule has 418 valence electrons. The molecule has 0 fully saturated rings. The first-order chi connectivity index (χ1) is 34.8. The van der Waals surface area contributed by atoms with E-state index in [-0.39, 0.29) is 99.7 Å². The van der Waals surface area contributed by atoms with Crippen molar-refractivity contribution >= 4 is 47.8 Å². The lowest BCUT2D eigenvalue weighted by Crippen LogP contribution is -2.34. The normalized spacial score (nSPS) is 12.7. The van der Waals surface area contributed by atoms with Gasteiger partial charge in [0.05, 0.1) is 25.7 Å². The van der Waals surface area contributed by atoms with Crippen LogP contribution in [0.15, 0.2) is 0 Å². The number of hydrogen-bond donors (Lipinski definition) is 0. The molecule has 0 rings (SSSR count). The molecular weight excluding hydrogens is 929 g/mol. The van der Waals surface area contributed by atoms with Gasteiger partial charge in [0.2, 0.25) is 0 Å². The third kappa shape index (κ3) is 40.3. The molecule has 0 aromatic heterocycles. The van der Waals surface area contributed by atoms with Gasteiger partial charge in [0.1, 0.15) is 31.5 Å². The predicted octanol–water partition coefficient (Wildman–Crippen LogP) is 12.0. The van der Waals surface area contributed by atoms with E-state index in [0.29, 0.717) is 51.7 Å². The molecule has 0 bridgehead atoms. The maximum atomic E-state index is 13.1. The molecule has 16 nitrogen and oxygen atoms in total. The van der Waals surface area contributed by atoms with Gasteiger partial charge in [-0.05, 0) is 77.6 Å². The Hall–Kier alpha value is -4.24. The molecule has 4 unspecified atom stereocenters. The van der Waals surface area contributed by atoms with Gasteiger partial charge in [0.15, 0.2) is 0 Å². The number of ether oxygens (including phenoxy) is 8. The molecule has 0 heterocycles. The fourth-order valence-electron chi connectivity index (χ4n) is 7.95. The van der Waals surface area contributed by atoms with E-state index in [1.54, 1.807) is 41.5 Å². The minimum atomic E-state index is -0.560. The summed E-state index contributed by atoms with van der Waals surface area (Å²) >= 11 is 0. The third-order valence-electron chi connectivity index (χ3n) is 12.4. The summed E-state index contributed by atoms with van der Waals surface area (Å²) in [6.07, 6.45) is 22.8. The number of unbranched alkanes of at least 4 members (excludes halogenated alkanes) is 18. The highest BCUT2D eigenvalue weighted by Gasteiger charge is 2.32. The summed E-state index contributed by atoms with van der Waals surface area (Å²) in [5.41, 5.74) is 0. The SMILES string of the molecule is CCOC(=O)C(CCCCCCCC(=O)OCCCCCCCCC(COC(=O)CC)OC(=O)CC)C(CCCCCCCC(=O)OCCCCCCCCC(COC(=O)CC)OC(=O)CC)OC(=O)CC. The van der Waals surface area contributed by atoms with Gasteiger partial charge in [0.25, 0.3) is 0 Å². The molecule has 0 aromatic rings. The Labute approximate surface area is 433 Å². The van der Waals surface area contributed by atoms with Crippen LogP contribution in [0, 0.1) is 5.92 Å². The fraction of sp³-hybridized carbons (Fsp3) is 0.857. The second kappa shape index (κ2) is 47.7. The highest BCUT2D eigenvalue weighted by molar-refractivity contribution is 5.75. The minimum Gasteiger partial charge on any atom is -0.466 e. The van der Waals surface area contributed by atoms with Gasteiger partial charge in [-0.3, -0.25) is 38.4 Å². The monoisotopic (exact) mass is 1030 g/mol. The van der Waals surface area contributed by atoms with Gasteiger partial charge in [-0.1, -0.05) is 131 Å². The number of esters is 8. The van der Waals surface area contributed by atoms with Crippen molar-refractivity contribution < 1.29 is 76.3 Å². The molecule has 16 heteroatoms. The van der Waals surface area contributed by atoms with Crippen LogP contribution in [0.4, 0.5) is 0 Å². The lowest BCUT2D eigenvalue weighted by Gasteiger charge is -2.26. The van der Waals surface area contributed by atoms with Crippen LogP contribution >= 0.6 is 0 Å². The molecule has 0 radical (unpaired) electrons. The Morgan fingerprint density at radius 3 is 1.03 bits per heavy atom. The standard InChI is InChI=1S/C56H98O16/c1-7-49(57)68-43-45(70-51(59)9-3)35-27-19-13-15-25-33-41-66-54(62)39-31-23-17-21-29-37-47(56(64)65-12-6)48(72-53(61)11-5)38-30-22-18-24-32-40-55(63)67-42-34-26-16-14-20-28-36-46(71-52(60)10-4)44-69-50(58)8-2/h45-48H,7-44H2,1-6H3. The van der Waals surface area contributed by atoms with Crippen LogP contribution in [0.5, 0.6) is 0 Å². The number of carbonyl (C=O) groups is 8. The lowest BCUT2D eigenvalue weighted by molar-refractivity contribution is -0.163. The van der Waals surface area contributed by atoms with Crippen LogP contribution in [-0.2, 0) is 76.3 Å². The van der Waals surface area contributed by atoms with E-state index in [9.17, 15) is 38.4 Å². The molecule has 0 saturated heterocycles. The van der Waals surface area contributed by atoms with Gasteiger partial charge in [-0.15, -0.1) is 0 Å². The van der Waals surface area contributed by atoms with E-state index in [1.165, 1.54) is 0 Å². The second-order valence-electron chi connectivity index (χ2n) is 18.6. The van der Waals surface area contributed by atoms with Crippen LogP contribution < -0.4 is 0 Å². The molecule has 0 N–H and O–H groups in total.